The molecule has 2 rings (SSSR count). The molecule has 0 saturated heterocycles. The monoisotopic (exact) mass is 330 g/mol. The second-order valence-corrected chi connectivity index (χ2v) is 5.14. The molecule has 0 heterocycles. The number of aromatic carboxylic acids is 1. The minimum atomic E-state index is -1.06. The van der Waals surface area contributed by atoms with Crippen LogP contribution in [0, 0.1) is 5.82 Å². The molecule has 0 aliphatic heterocycles. The average Bonchev–Trinajstić information content (AvgIpc) is 2.55. The number of carboxylic acids is 1. The Bertz CT molecular complexity index is 757. The highest BCUT2D eigenvalue weighted by atomic mass is 19.1. The lowest BCUT2D eigenvalue weighted by atomic mass is 10.0. The van der Waals surface area contributed by atoms with Crippen molar-refractivity contribution >= 4 is 17.8 Å². The van der Waals surface area contributed by atoms with Crippen molar-refractivity contribution in [3.8, 4) is 0 Å². The van der Waals surface area contributed by atoms with Gasteiger partial charge < -0.3 is 16.2 Å². The van der Waals surface area contributed by atoms with Gasteiger partial charge in [0, 0.05) is 12.0 Å². The molecule has 0 radical (unpaired) electrons. The maximum Gasteiger partial charge on any atom is 0.335 e. The summed E-state index contributed by atoms with van der Waals surface area (Å²) in [5.74, 6) is -2.82. The van der Waals surface area contributed by atoms with Gasteiger partial charge in [0.05, 0.1) is 5.56 Å². The molecule has 0 fully saturated rings. The summed E-state index contributed by atoms with van der Waals surface area (Å²) < 4.78 is 12.9. The molecule has 124 valence electrons. The van der Waals surface area contributed by atoms with Gasteiger partial charge in [0.2, 0.25) is 5.91 Å². The summed E-state index contributed by atoms with van der Waals surface area (Å²) in [6, 6.07) is 9.78. The fourth-order valence-corrected chi connectivity index (χ4v) is 2.08. The van der Waals surface area contributed by atoms with Crippen LogP contribution in [-0.4, -0.2) is 28.9 Å². The van der Waals surface area contributed by atoms with Crippen molar-refractivity contribution in [3.05, 3.63) is 71.0 Å². The standard InChI is InChI=1S/C17H15FN2O4/c18-13-7-5-11(6-8-13)16(22)20-14(15(19)21)9-10-1-3-12(4-2-10)17(23)24/h1-8,14H,9H2,(H2,19,21)(H,20,22)(H,23,24)/t14-/m1/s1. The molecule has 2 aromatic rings. The third-order valence-electron chi connectivity index (χ3n) is 3.40. The van der Waals surface area contributed by atoms with E-state index in [0.717, 1.165) is 12.1 Å². The summed E-state index contributed by atoms with van der Waals surface area (Å²) in [7, 11) is 0. The second kappa shape index (κ2) is 7.36. The van der Waals surface area contributed by atoms with Crippen molar-refractivity contribution < 1.29 is 23.9 Å². The Morgan fingerprint density at radius 3 is 2.04 bits per heavy atom. The number of carbonyl (C=O) groups is 3. The van der Waals surface area contributed by atoms with Gasteiger partial charge in [-0.2, -0.15) is 0 Å². The highest BCUT2D eigenvalue weighted by Gasteiger charge is 2.19. The van der Waals surface area contributed by atoms with Crippen LogP contribution >= 0.6 is 0 Å². The van der Waals surface area contributed by atoms with Crippen molar-refractivity contribution in [1.82, 2.24) is 5.32 Å². The summed E-state index contributed by atoms with van der Waals surface area (Å²) >= 11 is 0. The predicted octanol–water partition coefficient (Wildman–Crippen LogP) is 1.35. The lowest BCUT2D eigenvalue weighted by molar-refractivity contribution is -0.119. The molecule has 0 saturated carbocycles. The second-order valence-electron chi connectivity index (χ2n) is 5.14. The van der Waals surface area contributed by atoms with Gasteiger partial charge in [-0.15, -0.1) is 0 Å². The van der Waals surface area contributed by atoms with Gasteiger partial charge in [-0.1, -0.05) is 12.1 Å². The number of hydrogen-bond donors (Lipinski definition) is 3. The molecule has 24 heavy (non-hydrogen) atoms. The van der Waals surface area contributed by atoms with Gasteiger partial charge in [0.1, 0.15) is 11.9 Å². The number of carboxylic acid groups (broad SMARTS) is 1. The Hall–Kier alpha value is -3.22. The molecule has 0 spiro atoms. The van der Waals surface area contributed by atoms with E-state index in [1.807, 2.05) is 0 Å². The van der Waals surface area contributed by atoms with Gasteiger partial charge in [0.25, 0.3) is 5.91 Å². The first kappa shape index (κ1) is 17.1. The van der Waals surface area contributed by atoms with Crippen molar-refractivity contribution in [3.63, 3.8) is 0 Å². The number of nitrogens with one attached hydrogen (secondary N) is 1. The lowest BCUT2D eigenvalue weighted by Gasteiger charge is -2.16. The molecule has 1 atom stereocenters. The Labute approximate surface area is 137 Å². The first-order valence-electron chi connectivity index (χ1n) is 7.05. The lowest BCUT2D eigenvalue weighted by Crippen LogP contribution is -2.45. The van der Waals surface area contributed by atoms with E-state index in [9.17, 15) is 18.8 Å². The minimum Gasteiger partial charge on any atom is -0.478 e. The molecule has 0 bridgehead atoms. The average molecular weight is 330 g/mol. The molecule has 0 aromatic heterocycles. The van der Waals surface area contributed by atoms with Gasteiger partial charge in [0.15, 0.2) is 0 Å². The number of carbonyl (C=O) groups excluding carboxylic acids is 2. The zero-order chi connectivity index (χ0) is 17.7. The van der Waals surface area contributed by atoms with E-state index < -0.39 is 29.6 Å². The van der Waals surface area contributed by atoms with Crippen LogP contribution in [0.2, 0.25) is 0 Å². The van der Waals surface area contributed by atoms with Gasteiger partial charge in [-0.3, -0.25) is 9.59 Å². The molecular formula is C17H15FN2O4. The molecular weight excluding hydrogens is 315 g/mol. The fraction of sp³-hybridized carbons (Fsp3) is 0.118. The number of rotatable bonds is 6. The molecule has 0 unspecified atom stereocenters. The summed E-state index contributed by atoms with van der Waals surface area (Å²) in [5, 5.41) is 11.3. The van der Waals surface area contributed by atoms with Gasteiger partial charge >= 0.3 is 5.97 Å². The van der Waals surface area contributed by atoms with Crippen molar-refractivity contribution in [1.29, 1.82) is 0 Å². The Morgan fingerprint density at radius 1 is 1.00 bits per heavy atom. The highest BCUT2D eigenvalue weighted by Crippen LogP contribution is 2.09. The summed E-state index contributed by atoms with van der Waals surface area (Å²) in [6.07, 6.45) is 0.113. The number of benzene rings is 2. The van der Waals surface area contributed by atoms with Crippen molar-refractivity contribution in [2.24, 2.45) is 5.73 Å². The zero-order valence-corrected chi connectivity index (χ0v) is 12.5. The summed E-state index contributed by atoms with van der Waals surface area (Å²) in [4.78, 5) is 34.4. The highest BCUT2D eigenvalue weighted by molar-refractivity contribution is 5.97. The number of halogens is 1. The summed E-state index contributed by atoms with van der Waals surface area (Å²) in [6.45, 7) is 0. The third kappa shape index (κ3) is 4.39. The van der Waals surface area contributed by atoms with Crippen LogP contribution in [0.15, 0.2) is 48.5 Å². The van der Waals surface area contributed by atoms with Crippen LogP contribution in [0.1, 0.15) is 26.3 Å². The van der Waals surface area contributed by atoms with Crippen LogP contribution in [0.4, 0.5) is 4.39 Å². The first-order valence-corrected chi connectivity index (χ1v) is 7.05. The zero-order valence-electron chi connectivity index (χ0n) is 12.5. The predicted molar refractivity (Wildman–Crippen MR) is 84.0 cm³/mol. The Balaban J connectivity index is 2.09. The van der Waals surface area contributed by atoms with E-state index in [2.05, 4.69) is 5.32 Å². The molecule has 0 aliphatic rings. The maximum atomic E-state index is 12.9. The van der Waals surface area contributed by atoms with Crippen LogP contribution in [-0.2, 0) is 11.2 Å². The molecule has 0 aliphatic carbocycles. The molecule has 6 nitrogen and oxygen atoms in total. The van der Waals surface area contributed by atoms with E-state index >= 15 is 0 Å². The van der Waals surface area contributed by atoms with E-state index in [4.69, 9.17) is 10.8 Å². The molecule has 4 N–H and O–H groups in total. The van der Waals surface area contributed by atoms with Gasteiger partial charge in [-0.25, -0.2) is 9.18 Å². The van der Waals surface area contributed by atoms with E-state index in [1.165, 1.54) is 24.3 Å². The maximum absolute atomic E-state index is 12.9. The molecule has 2 aromatic carbocycles. The third-order valence-corrected chi connectivity index (χ3v) is 3.40. The van der Waals surface area contributed by atoms with Gasteiger partial charge in [-0.05, 0) is 42.0 Å². The smallest absolute Gasteiger partial charge is 0.335 e. The number of hydrogen-bond acceptors (Lipinski definition) is 3. The van der Waals surface area contributed by atoms with E-state index in [-0.39, 0.29) is 17.5 Å². The van der Waals surface area contributed by atoms with Crippen molar-refractivity contribution in [2.45, 2.75) is 12.5 Å². The first-order chi connectivity index (χ1) is 11.4. The number of primary amides is 1. The summed E-state index contributed by atoms with van der Waals surface area (Å²) in [5.41, 5.74) is 6.26. The fourth-order valence-electron chi connectivity index (χ4n) is 2.08. The SMILES string of the molecule is NC(=O)[C@@H](Cc1ccc(C(=O)O)cc1)NC(=O)c1ccc(F)cc1. The quantitative estimate of drug-likeness (QED) is 0.742. The van der Waals surface area contributed by atoms with Crippen LogP contribution < -0.4 is 11.1 Å². The normalized spacial score (nSPS) is 11.5. The molecule has 2 amide bonds. The van der Waals surface area contributed by atoms with Crippen LogP contribution in [0.5, 0.6) is 0 Å². The Kier molecular flexibility index (Phi) is 5.26. The number of amides is 2. The molecule has 7 heteroatoms. The Morgan fingerprint density at radius 2 is 1.54 bits per heavy atom. The van der Waals surface area contributed by atoms with Crippen LogP contribution in [0.25, 0.3) is 0 Å². The van der Waals surface area contributed by atoms with Crippen molar-refractivity contribution in [2.75, 3.05) is 0 Å². The van der Waals surface area contributed by atoms with E-state index in [0.29, 0.717) is 5.56 Å². The topological polar surface area (TPSA) is 109 Å². The largest absolute Gasteiger partial charge is 0.478 e. The number of nitrogens with two attached hydrogens (primary N) is 1. The van der Waals surface area contributed by atoms with E-state index in [1.54, 1.807) is 12.1 Å². The minimum absolute atomic E-state index is 0.113. The van der Waals surface area contributed by atoms with Crippen LogP contribution in [0.3, 0.4) is 0 Å².